The summed E-state index contributed by atoms with van der Waals surface area (Å²) in [5.74, 6) is -0.325. The van der Waals surface area contributed by atoms with Crippen LogP contribution in [0.5, 0.6) is 0 Å². The highest BCUT2D eigenvalue weighted by molar-refractivity contribution is 5.55. The number of halogens is 1. The van der Waals surface area contributed by atoms with Gasteiger partial charge in [0.2, 0.25) is 0 Å². The molecule has 100 valence electrons. The number of anilines is 1. The first-order valence-corrected chi connectivity index (χ1v) is 6.42. The SMILES string of the molecule is CC1CN(c2cccc(F)c2[C@H](C)O)CCN1C. The third-order valence-electron chi connectivity index (χ3n) is 3.75. The molecule has 0 saturated carbocycles. The Balaban J connectivity index is 2.31. The molecule has 1 unspecified atom stereocenters. The number of piperazine rings is 1. The summed E-state index contributed by atoms with van der Waals surface area (Å²) in [7, 11) is 2.10. The standard InChI is InChI=1S/C14H21FN2O/c1-10-9-17(8-7-16(10)3)13-6-4-5-12(15)14(13)11(2)18/h4-6,10-11,18H,7-9H2,1-3H3/t10?,11-/m0/s1. The minimum atomic E-state index is -0.781. The Morgan fingerprint density at radius 1 is 1.39 bits per heavy atom. The van der Waals surface area contributed by atoms with Crippen LogP contribution in [0.2, 0.25) is 0 Å². The molecule has 2 rings (SSSR count). The summed E-state index contributed by atoms with van der Waals surface area (Å²) in [6, 6.07) is 5.44. The molecule has 1 N–H and O–H groups in total. The molecule has 0 aliphatic carbocycles. The summed E-state index contributed by atoms with van der Waals surface area (Å²) in [5.41, 5.74) is 1.24. The van der Waals surface area contributed by atoms with Crippen LogP contribution in [0.15, 0.2) is 18.2 Å². The van der Waals surface area contributed by atoms with Gasteiger partial charge in [-0.25, -0.2) is 4.39 Å². The molecule has 1 heterocycles. The number of benzene rings is 1. The summed E-state index contributed by atoms with van der Waals surface area (Å²) in [4.78, 5) is 4.45. The van der Waals surface area contributed by atoms with Crippen LogP contribution in [0.3, 0.4) is 0 Å². The van der Waals surface area contributed by atoms with E-state index in [0.717, 1.165) is 25.3 Å². The molecular weight excluding hydrogens is 231 g/mol. The quantitative estimate of drug-likeness (QED) is 0.872. The van der Waals surface area contributed by atoms with Gasteiger partial charge in [-0.1, -0.05) is 6.07 Å². The van der Waals surface area contributed by atoms with E-state index in [1.54, 1.807) is 13.0 Å². The van der Waals surface area contributed by atoms with Gasteiger partial charge in [0, 0.05) is 36.9 Å². The third kappa shape index (κ3) is 2.49. The van der Waals surface area contributed by atoms with E-state index in [2.05, 4.69) is 23.8 Å². The average Bonchev–Trinajstić information content (AvgIpc) is 2.32. The molecule has 1 aromatic carbocycles. The highest BCUT2D eigenvalue weighted by Gasteiger charge is 2.24. The van der Waals surface area contributed by atoms with Crippen LogP contribution in [-0.4, -0.2) is 42.7 Å². The van der Waals surface area contributed by atoms with Crippen LogP contribution >= 0.6 is 0 Å². The lowest BCUT2D eigenvalue weighted by Crippen LogP contribution is -2.50. The Morgan fingerprint density at radius 3 is 2.72 bits per heavy atom. The molecule has 2 atom stereocenters. The van der Waals surface area contributed by atoms with Crippen molar-refractivity contribution < 1.29 is 9.50 Å². The van der Waals surface area contributed by atoms with Gasteiger partial charge in [-0.15, -0.1) is 0 Å². The number of aliphatic hydroxyl groups is 1. The van der Waals surface area contributed by atoms with E-state index in [-0.39, 0.29) is 5.82 Å². The van der Waals surface area contributed by atoms with Crippen molar-refractivity contribution in [1.29, 1.82) is 0 Å². The first-order chi connectivity index (χ1) is 8.50. The van der Waals surface area contributed by atoms with Crippen molar-refractivity contribution in [3.8, 4) is 0 Å². The fourth-order valence-electron chi connectivity index (χ4n) is 2.48. The average molecular weight is 252 g/mol. The Labute approximate surface area is 108 Å². The van der Waals surface area contributed by atoms with Crippen LogP contribution in [0.25, 0.3) is 0 Å². The van der Waals surface area contributed by atoms with Gasteiger partial charge < -0.3 is 14.9 Å². The molecule has 0 amide bonds. The van der Waals surface area contributed by atoms with Gasteiger partial charge in [0.05, 0.1) is 6.10 Å². The maximum absolute atomic E-state index is 13.8. The van der Waals surface area contributed by atoms with Crippen LogP contribution in [-0.2, 0) is 0 Å². The lowest BCUT2D eigenvalue weighted by atomic mass is 10.0. The van der Waals surface area contributed by atoms with E-state index in [0.29, 0.717) is 11.6 Å². The maximum atomic E-state index is 13.8. The maximum Gasteiger partial charge on any atom is 0.131 e. The van der Waals surface area contributed by atoms with Crippen molar-refractivity contribution in [3.05, 3.63) is 29.6 Å². The second-order valence-corrected chi connectivity index (χ2v) is 5.12. The van der Waals surface area contributed by atoms with Gasteiger partial charge in [0.15, 0.2) is 0 Å². The van der Waals surface area contributed by atoms with E-state index in [1.807, 2.05) is 6.07 Å². The largest absolute Gasteiger partial charge is 0.389 e. The van der Waals surface area contributed by atoms with Gasteiger partial charge in [-0.3, -0.25) is 0 Å². The summed E-state index contributed by atoms with van der Waals surface area (Å²) < 4.78 is 13.8. The number of likely N-dealkylation sites (N-methyl/N-ethyl adjacent to an activating group) is 1. The Bertz CT molecular complexity index is 422. The number of rotatable bonds is 2. The van der Waals surface area contributed by atoms with Gasteiger partial charge in [0.25, 0.3) is 0 Å². The summed E-state index contributed by atoms with van der Waals surface area (Å²) in [5, 5.41) is 9.76. The molecule has 1 aliphatic rings. The number of nitrogens with zero attached hydrogens (tertiary/aromatic N) is 2. The highest BCUT2D eigenvalue weighted by Crippen LogP contribution is 2.30. The van der Waals surface area contributed by atoms with Gasteiger partial charge >= 0.3 is 0 Å². The first-order valence-electron chi connectivity index (χ1n) is 6.42. The summed E-state index contributed by atoms with van der Waals surface area (Å²) in [6.07, 6.45) is -0.781. The van der Waals surface area contributed by atoms with Crippen molar-refractivity contribution in [1.82, 2.24) is 4.90 Å². The molecule has 0 aromatic heterocycles. The lowest BCUT2D eigenvalue weighted by Gasteiger charge is -2.40. The predicted molar refractivity (Wildman–Crippen MR) is 71.3 cm³/mol. The molecule has 1 fully saturated rings. The summed E-state index contributed by atoms with van der Waals surface area (Å²) in [6.45, 7) is 6.45. The first kappa shape index (κ1) is 13.3. The second-order valence-electron chi connectivity index (χ2n) is 5.12. The predicted octanol–water partition coefficient (Wildman–Crippen LogP) is 2.02. The van der Waals surface area contributed by atoms with E-state index >= 15 is 0 Å². The van der Waals surface area contributed by atoms with Crippen molar-refractivity contribution in [3.63, 3.8) is 0 Å². The molecule has 1 aromatic rings. The molecule has 0 bridgehead atoms. The van der Waals surface area contributed by atoms with Crippen LogP contribution in [0.1, 0.15) is 25.5 Å². The zero-order valence-corrected chi connectivity index (χ0v) is 11.2. The van der Waals surface area contributed by atoms with Gasteiger partial charge in [0.1, 0.15) is 5.82 Å². The minimum absolute atomic E-state index is 0.325. The van der Waals surface area contributed by atoms with Crippen LogP contribution in [0.4, 0.5) is 10.1 Å². The third-order valence-corrected chi connectivity index (χ3v) is 3.75. The molecule has 4 heteroatoms. The van der Waals surface area contributed by atoms with E-state index in [9.17, 15) is 9.50 Å². The van der Waals surface area contributed by atoms with Gasteiger partial charge in [-0.2, -0.15) is 0 Å². The van der Waals surface area contributed by atoms with Crippen LogP contribution in [0, 0.1) is 5.82 Å². The fraction of sp³-hybridized carbons (Fsp3) is 0.571. The van der Waals surface area contributed by atoms with Crippen molar-refractivity contribution in [2.24, 2.45) is 0 Å². The molecule has 1 aliphatic heterocycles. The van der Waals surface area contributed by atoms with Crippen molar-refractivity contribution in [2.45, 2.75) is 26.0 Å². The van der Waals surface area contributed by atoms with Crippen molar-refractivity contribution in [2.75, 3.05) is 31.6 Å². The zero-order chi connectivity index (χ0) is 13.3. The van der Waals surface area contributed by atoms with E-state index in [4.69, 9.17) is 0 Å². The fourth-order valence-corrected chi connectivity index (χ4v) is 2.48. The van der Waals surface area contributed by atoms with Gasteiger partial charge in [-0.05, 0) is 33.0 Å². The molecular formula is C14H21FN2O. The molecule has 0 radical (unpaired) electrons. The number of hydrogen-bond donors (Lipinski definition) is 1. The zero-order valence-electron chi connectivity index (χ0n) is 11.2. The monoisotopic (exact) mass is 252 g/mol. The Morgan fingerprint density at radius 2 is 2.11 bits per heavy atom. The molecule has 3 nitrogen and oxygen atoms in total. The Hall–Kier alpha value is -1.13. The van der Waals surface area contributed by atoms with Crippen LogP contribution < -0.4 is 4.90 Å². The molecule has 18 heavy (non-hydrogen) atoms. The minimum Gasteiger partial charge on any atom is -0.389 e. The molecule has 1 saturated heterocycles. The van der Waals surface area contributed by atoms with E-state index in [1.165, 1.54) is 6.07 Å². The topological polar surface area (TPSA) is 26.7 Å². The summed E-state index contributed by atoms with van der Waals surface area (Å²) >= 11 is 0. The number of aliphatic hydroxyl groups excluding tert-OH is 1. The number of hydrogen-bond acceptors (Lipinski definition) is 3. The highest BCUT2D eigenvalue weighted by atomic mass is 19.1. The van der Waals surface area contributed by atoms with E-state index < -0.39 is 6.10 Å². The molecule has 0 spiro atoms. The lowest BCUT2D eigenvalue weighted by molar-refractivity contribution is 0.193. The second kappa shape index (κ2) is 5.24. The normalized spacial score (nSPS) is 23.2. The Kier molecular flexibility index (Phi) is 3.88. The smallest absolute Gasteiger partial charge is 0.131 e. The van der Waals surface area contributed by atoms with Crippen molar-refractivity contribution >= 4 is 5.69 Å².